The van der Waals surface area contributed by atoms with Crippen molar-refractivity contribution in [3.05, 3.63) is 17.5 Å². The van der Waals surface area contributed by atoms with Crippen LogP contribution >= 0.6 is 0 Å². The zero-order valence-electron chi connectivity index (χ0n) is 10.3. The molecular formula is C11H9F3N2O3. The van der Waals surface area contributed by atoms with E-state index in [9.17, 15) is 13.2 Å². The van der Waals surface area contributed by atoms with E-state index < -0.39 is 34.2 Å². The van der Waals surface area contributed by atoms with E-state index in [0.29, 0.717) is 0 Å². The maximum atomic E-state index is 13.9. The van der Waals surface area contributed by atoms with Gasteiger partial charge in [0.2, 0.25) is 5.82 Å². The summed E-state index contributed by atoms with van der Waals surface area (Å²) in [6.07, 6.45) is 0. The molecule has 8 heteroatoms. The zero-order valence-corrected chi connectivity index (χ0v) is 10.3. The van der Waals surface area contributed by atoms with Crippen LogP contribution in [0.25, 0.3) is 11.0 Å². The fraction of sp³-hybridized carbons (Fsp3) is 0.273. The molecule has 102 valence electrons. The van der Waals surface area contributed by atoms with Crippen LogP contribution in [0.4, 0.5) is 13.2 Å². The minimum atomic E-state index is -1.48. The van der Waals surface area contributed by atoms with E-state index in [2.05, 4.69) is 14.7 Å². The molecule has 0 bridgehead atoms. The van der Waals surface area contributed by atoms with Crippen LogP contribution in [-0.4, -0.2) is 31.3 Å². The number of hydrogen-bond donors (Lipinski definition) is 0. The maximum absolute atomic E-state index is 13.9. The average Bonchev–Trinajstić information content (AvgIpc) is 2.44. The third kappa shape index (κ3) is 1.88. The van der Waals surface area contributed by atoms with Crippen LogP contribution in [-0.2, 0) is 0 Å². The summed E-state index contributed by atoms with van der Waals surface area (Å²) in [5.74, 6) is -5.22. The molecule has 0 spiro atoms. The highest BCUT2D eigenvalue weighted by Crippen LogP contribution is 2.34. The third-order valence-corrected chi connectivity index (χ3v) is 2.43. The monoisotopic (exact) mass is 274 g/mol. The zero-order chi connectivity index (χ0) is 14.2. The second-order valence-electron chi connectivity index (χ2n) is 3.41. The molecule has 0 radical (unpaired) electrons. The molecule has 2 rings (SSSR count). The molecule has 5 nitrogen and oxygen atoms in total. The van der Waals surface area contributed by atoms with Crippen molar-refractivity contribution in [1.29, 1.82) is 0 Å². The number of rotatable bonds is 3. The Labute approximate surface area is 105 Å². The quantitative estimate of drug-likeness (QED) is 0.802. The highest BCUT2D eigenvalue weighted by molar-refractivity contribution is 5.79. The number of benzene rings is 1. The Kier molecular flexibility index (Phi) is 3.32. The third-order valence-electron chi connectivity index (χ3n) is 2.43. The lowest BCUT2D eigenvalue weighted by Gasteiger charge is -2.10. The van der Waals surface area contributed by atoms with Gasteiger partial charge in [-0.2, -0.15) is 4.39 Å². The van der Waals surface area contributed by atoms with Gasteiger partial charge in [0.1, 0.15) is 11.0 Å². The van der Waals surface area contributed by atoms with Crippen LogP contribution in [0.2, 0.25) is 0 Å². The molecule has 2 aromatic rings. The average molecular weight is 274 g/mol. The number of ether oxygens (including phenoxy) is 3. The second-order valence-corrected chi connectivity index (χ2v) is 3.41. The topological polar surface area (TPSA) is 53.5 Å². The first-order valence-corrected chi connectivity index (χ1v) is 5.05. The van der Waals surface area contributed by atoms with Gasteiger partial charge < -0.3 is 14.2 Å². The van der Waals surface area contributed by atoms with Crippen molar-refractivity contribution >= 4 is 11.0 Å². The Hall–Kier alpha value is -2.25. The first-order valence-electron chi connectivity index (χ1n) is 5.05. The van der Waals surface area contributed by atoms with Crippen LogP contribution in [0.1, 0.15) is 0 Å². The number of aromatic nitrogens is 2. The van der Waals surface area contributed by atoms with Gasteiger partial charge in [-0.05, 0) is 0 Å². The highest BCUT2D eigenvalue weighted by atomic mass is 19.2. The minimum absolute atomic E-state index is 0.151. The van der Waals surface area contributed by atoms with Gasteiger partial charge in [-0.3, -0.25) is 0 Å². The molecule has 0 amide bonds. The Balaban J connectivity index is 2.91. The Morgan fingerprint density at radius 1 is 0.684 bits per heavy atom. The van der Waals surface area contributed by atoms with E-state index in [4.69, 9.17) is 9.47 Å². The van der Waals surface area contributed by atoms with Gasteiger partial charge in [-0.25, -0.2) is 18.7 Å². The van der Waals surface area contributed by atoms with E-state index in [-0.39, 0.29) is 11.8 Å². The van der Waals surface area contributed by atoms with Crippen molar-refractivity contribution in [3.8, 4) is 17.5 Å². The van der Waals surface area contributed by atoms with Gasteiger partial charge in [0, 0.05) is 0 Å². The summed E-state index contributed by atoms with van der Waals surface area (Å²) in [5, 5.41) is 0. The first kappa shape index (κ1) is 13.2. The summed E-state index contributed by atoms with van der Waals surface area (Å²) in [6.45, 7) is 0. The first-order chi connectivity index (χ1) is 9.04. The molecular weight excluding hydrogens is 265 g/mol. The van der Waals surface area contributed by atoms with Crippen molar-refractivity contribution in [2.45, 2.75) is 0 Å². The predicted octanol–water partition coefficient (Wildman–Crippen LogP) is 2.07. The molecule has 0 fully saturated rings. The summed E-state index contributed by atoms with van der Waals surface area (Å²) < 4.78 is 55.3. The van der Waals surface area contributed by atoms with Gasteiger partial charge in [0.25, 0.3) is 11.8 Å². The molecule has 1 aromatic carbocycles. The normalized spacial score (nSPS) is 10.6. The summed E-state index contributed by atoms with van der Waals surface area (Å²) in [4.78, 5) is 7.34. The molecule has 1 aromatic heterocycles. The maximum Gasteiger partial charge on any atom is 0.278 e. The smallest absolute Gasteiger partial charge is 0.278 e. The summed E-state index contributed by atoms with van der Waals surface area (Å²) in [7, 11) is 3.51. The Bertz CT molecular complexity index is 649. The van der Waals surface area contributed by atoms with Crippen molar-refractivity contribution in [2.24, 2.45) is 0 Å². The van der Waals surface area contributed by atoms with Gasteiger partial charge in [-0.15, -0.1) is 0 Å². The molecule has 0 saturated carbocycles. The molecule has 1 heterocycles. The Morgan fingerprint density at radius 3 is 1.58 bits per heavy atom. The summed E-state index contributed by atoms with van der Waals surface area (Å²) in [6, 6.07) is 0. The largest absolute Gasteiger partial charge is 0.491 e. The van der Waals surface area contributed by atoms with Crippen LogP contribution in [0, 0.1) is 17.5 Å². The van der Waals surface area contributed by atoms with Crippen molar-refractivity contribution in [3.63, 3.8) is 0 Å². The van der Waals surface area contributed by atoms with Gasteiger partial charge in [0.05, 0.1) is 21.3 Å². The highest BCUT2D eigenvalue weighted by Gasteiger charge is 2.25. The lowest BCUT2D eigenvalue weighted by atomic mass is 10.2. The van der Waals surface area contributed by atoms with Crippen LogP contribution in [0.3, 0.4) is 0 Å². The van der Waals surface area contributed by atoms with Crippen LogP contribution in [0.5, 0.6) is 17.5 Å². The number of methoxy groups -OCH3 is 3. The van der Waals surface area contributed by atoms with Gasteiger partial charge in [-0.1, -0.05) is 0 Å². The molecule has 0 aliphatic carbocycles. The van der Waals surface area contributed by atoms with Crippen LogP contribution < -0.4 is 14.2 Å². The fourth-order valence-electron chi connectivity index (χ4n) is 1.56. The standard InChI is InChI=1S/C11H9F3N2O3/c1-17-9-5(13)4(12)7-8(6(9)14)16-11(19-3)10(15-7)18-2/h1-3H3. The number of halogens is 3. The summed E-state index contributed by atoms with van der Waals surface area (Å²) in [5.41, 5.74) is -1.11. The molecule has 0 atom stereocenters. The number of hydrogen-bond acceptors (Lipinski definition) is 5. The van der Waals surface area contributed by atoms with E-state index in [1.54, 1.807) is 0 Å². The SMILES string of the molecule is COc1nc2c(F)c(F)c(OC)c(F)c2nc1OC. The van der Waals surface area contributed by atoms with Crippen molar-refractivity contribution in [1.82, 2.24) is 9.97 Å². The Morgan fingerprint density at radius 2 is 1.16 bits per heavy atom. The lowest BCUT2D eigenvalue weighted by molar-refractivity contribution is 0.330. The second kappa shape index (κ2) is 4.79. The molecule has 0 N–H and O–H groups in total. The van der Waals surface area contributed by atoms with Crippen molar-refractivity contribution in [2.75, 3.05) is 21.3 Å². The minimum Gasteiger partial charge on any atom is -0.491 e. The van der Waals surface area contributed by atoms with E-state index in [1.807, 2.05) is 0 Å². The number of fused-ring (bicyclic) bond motifs is 1. The molecule has 0 aliphatic rings. The molecule has 0 saturated heterocycles. The lowest BCUT2D eigenvalue weighted by Crippen LogP contribution is -2.04. The van der Waals surface area contributed by atoms with Gasteiger partial charge >= 0.3 is 0 Å². The molecule has 0 unspecified atom stereocenters. The van der Waals surface area contributed by atoms with Crippen LogP contribution in [0.15, 0.2) is 0 Å². The molecule has 0 aliphatic heterocycles. The van der Waals surface area contributed by atoms with E-state index >= 15 is 0 Å². The fourth-order valence-corrected chi connectivity index (χ4v) is 1.56. The van der Waals surface area contributed by atoms with E-state index in [0.717, 1.165) is 7.11 Å². The number of nitrogens with zero attached hydrogens (tertiary/aromatic N) is 2. The van der Waals surface area contributed by atoms with Crippen molar-refractivity contribution < 1.29 is 27.4 Å². The van der Waals surface area contributed by atoms with Gasteiger partial charge in [0.15, 0.2) is 17.4 Å². The summed E-state index contributed by atoms with van der Waals surface area (Å²) >= 11 is 0. The van der Waals surface area contributed by atoms with E-state index in [1.165, 1.54) is 14.2 Å². The molecule has 19 heavy (non-hydrogen) atoms. The predicted molar refractivity (Wildman–Crippen MR) is 59.1 cm³/mol.